The highest BCUT2D eigenvalue weighted by molar-refractivity contribution is 6.17. The minimum absolute atomic E-state index is 0.559. The zero-order valence-corrected chi connectivity index (χ0v) is 12.9. The predicted octanol–water partition coefficient (Wildman–Crippen LogP) is 3.06. The minimum atomic E-state index is 0.559. The van der Waals surface area contributed by atoms with Crippen LogP contribution >= 0.6 is 11.6 Å². The Bertz CT molecular complexity index is 762. The maximum atomic E-state index is 5.90. The van der Waals surface area contributed by atoms with Gasteiger partial charge in [0.05, 0.1) is 11.0 Å². The van der Waals surface area contributed by atoms with Gasteiger partial charge < -0.3 is 9.09 Å². The number of rotatable bonds is 5. The van der Waals surface area contributed by atoms with Crippen LogP contribution in [0.4, 0.5) is 0 Å². The van der Waals surface area contributed by atoms with E-state index < -0.39 is 0 Å². The minimum Gasteiger partial charge on any atom is -0.340 e. The van der Waals surface area contributed by atoms with Crippen LogP contribution in [-0.4, -0.2) is 25.6 Å². The van der Waals surface area contributed by atoms with Crippen LogP contribution in [0.1, 0.15) is 23.1 Å². The van der Waals surface area contributed by atoms with Gasteiger partial charge in [-0.15, -0.1) is 11.6 Å². The van der Waals surface area contributed by atoms with Gasteiger partial charge >= 0.3 is 0 Å². The van der Waals surface area contributed by atoms with Gasteiger partial charge in [-0.2, -0.15) is 4.98 Å². The number of imidazole rings is 1. The molecule has 0 saturated heterocycles. The van der Waals surface area contributed by atoms with E-state index in [0.717, 1.165) is 35.6 Å². The van der Waals surface area contributed by atoms with Crippen molar-refractivity contribution in [2.24, 2.45) is 0 Å². The third kappa shape index (κ3) is 2.78. The van der Waals surface area contributed by atoms with Gasteiger partial charge in [-0.05, 0) is 18.6 Å². The van der Waals surface area contributed by atoms with Crippen molar-refractivity contribution in [2.45, 2.75) is 33.2 Å². The van der Waals surface area contributed by atoms with E-state index in [4.69, 9.17) is 21.1 Å². The standard InChI is InChI=1S/C15H17ClN4O/c1-10-4-3-5-12-15(10)20(14(18-12)6-8-16)9-7-13-17-11(2)21-19-13/h3-5H,6-9H2,1-2H3. The van der Waals surface area contributed by atoms with E-state index in [1.165, 1.54) is 5.56 Å². The normalized spacial score (nSPS) is 11.4. The summed E-state index contributed by atoms with van der Waals surface area (Å²) in [6.07, 6.45) is 1.47. The van der Waals surface area contributed by atoms with Gasteiger partial charge in [-0.1, -0.05) is 17.3 Å². The Kier molecular flexibility index (Phi) is 3.92. The molecule has 0 N–H and O–H groups in total. The molecule has 0 fully saturated rings. The predicted molar refractivity (Wildman–Crippen MR) is 81.6 cm³/mol. The summed E-state index contributed by atoms with van der Waals surface area (Å²) in [5.41, 5.74) is 3.39. The highest BCUT2D eigenvalue weighted by atomic mass is 35.5. The number of para-hydroxylation sites is 1. The lowest BCUT2D eigenvalue weighted by atomic mass is 10.2. The average molecular weight is 305 g/mol. The molecule has 0 aliphatic carbocycles. The van der Waals surface area contributed by atoms with E-state index in [0.29, 0.717) is 18.2 Å². The Morgan fingerprint density at radius 2 is 2.05 bits per heavy atom. The fraction of sp³-hybridized carbons (Fsp3) is 0.400. The summed E-state index contributed by atoms with van der Waals surface area (Å²) in [5, 5.41) is 3.95. The topological polar surface area (TPSA) is 56.7 Å². The maximum Gasteiger partial charge on any atom is 0.223 e. The first kappa shape index (κ1) is 14.1. The lowest BCUT2D eigenvalue weighted by Gasteiger charge is -2.08. The molecular weight excluding hydrogens is 288 g/mol. The molecule has 110 valence electrons. The van der Waals surface area contributed by atoms with Gasteiger partial charge in [0.15, 0.2) is 5.82 Å². The number of halogens is 1. The monoisotopic (exact) mass is 304 g/mol. The lowest BCUT2D eigenvalue weighted by Crippen LogP contribution is -2.08. The molecule has 21 heavy (non-hydrogen) atoms. The largest absolute Gasteiger partial charge is 0.340 e. The fourth-order valence-electron chi connectivity index (χ4n) is 2.58. The summed E-state index contributed by atoms with van der Waals surface area (Å²) in [7, 11) is 0. The molecular formula is C15H17ClN4O. The van der Waals surface area contributed by atoms with Crippen LogP contribution in [0.5, 0.6) is 0 Å². The van der Waals surface area contributed by atoms with Crippen molar-refractivity contribution in [3.8, 4) is 0 Å². The number of aromatic nitrogens is 4. The second kappa shape index (κ2) is 5.85. The molecule has 0 bridgehead atoms. The smallest absolute Gasteiger partial charge is 0.223 e. The van der Waals surface area contributed by atoms with Crippen LogP contribution in [-0.2, 0) is 19.4 Å². The van der Waals surface area contributed by atoms with Crippen molar-refractivity contribution < 1.29 is 4.52 Å². The average Bonchev–Trinajstić information content (AvgIpc) is 3.01. The fourth-order valence-corrected chi connectivity index (χ4v) is 2.75. The zero-order chi connectivity index (χ0) is 14.8. The highest BCUT2D eigenvalue weighted by Gasteiger charge is 2.13. The number of fused-ring (bicyclic) bond motifs is 1. The molecule has 5 nitrogen and oxygen atoms in total. The Hall–Kier alpha value is -1.88. The van der Waals surface area contributed by atoms with Gasteiger partial charge in [-0.25, -0.2) is 4.98 Å². The summed E-state index contributed by atoms with van der Waals surface area (Å²) in [6.45, 7) is 4.67. The molecule has 3 aromatic rings. The summed E-state index contributed by atoms with van der Waals surface area (Å²) in [5.74, 6) is 2.89. The van der Waals surface area contributed by atoms with Gasteiger partial charge in [0.1, 0.15) is 5.82 Å². The van der Waals surface area contributed by atoms with Crippen LogP contribution in [0.15, 0.2) is 22.7 Å². The van der Waals surface area contributed by atoms with E-state index >= 15 is 0 Å². The van der Waals surface area contributed by atoms with Crippen molar-refractivity contribution in [1.82, 2.24) is 19.7 Å². The van der Waals surface area contributed by atoms with Crippen molar-refractivity contribution in [3.05, 3.63) is 41.3 Å². The van der Waals surface area contributed by atoms with Crippen molar-refractivity contribution in [1.29, 1.82) is 0 Å². The van der Waals surface area contributed by atoms with Crippen LogP contribution < -0.4 is 0 Å². The molecule has 0 amide bonds. The first-order valence-corrected chi connectivity index (χ1v) is 7.52. The van der Waals surface area contributed by atoms with Crippen molar-refractivity contribution >= 4 is 22.6 Å². The van der Waals surface area contributed by atoms with Gasteiger partial charge in [0.2, 0.25) is 5.89 Å². The van der Waals surface area contributed by atoms with E-state index in [9.17, 15) is 0 Å². The summed E-state index contributed by atoms with van der Waals surface area (Å²) in [6, 6.07) is 6.17. The molecule has 2 aromatic heterocycles. The van der Waals surface area contributed by atoms with Crippen LogP contribution in [0.25, 0.3) is 11.0 Å². The first-order valence-electron chi connectivity index (χ1n) is 6.99. The van der Waals surface area contributed by atoms with E-state index in [1.54, 1.807) is 6.92 Å². The molecule has 6 heteroatoms. The first-order chi connectivity index (χ1) is 10.2. The SMILES string of the molecule is Cc1nc(CCn2c(CCCl)nc3cccc(C)c32)no1. The summed E-state index contributed by atoms with van der Waals surface area (Å²) in [4.78, 5) is 8.95. The molecule has 0 atom stereocenters. The van der Waals surface area contributed by atoms with Crippen LogP contribution in [0, 0.1) is 13.8 Å². The Morgan fingerprint density at radius 3 is 2.76 bits per heavy atom. The van der Waals surface area contributed by atoms with Crippen LogP contribution in [0.2, 0.25) is 0 Å². The second-order valence-electron chi connectivity index (χ2n) is 5.04. The van der Waals surface area contributed by atoms with Crippen LogP contribution in [0.3, 0.4) is 0 Å². The third-order valence-electron chi connectivity index (χ3n) is 3.49. The molecule has 0 radical (unpaired) electrons. The van der Waals surface area contributed by atoms with E-state index in [2.05, 4.69) is 27.7 Å². The zero-order valence-electron chi connectivity index (χ0n) is 12.1. The van der Waals surface area contributed by atoms with Crippen molar-refractivity contribution in [3.63, 3.8) is 0 Å². The maximum absolute atomic E-state index is 5.90. The van der Waals surface area contributed by atoms with E-state index in [1.807, 2.05) is 12.1 Å². The van der Waals surface area contributed by atoms with E-state index in [-0.39, 0.29) is 0 Å². The summed E-state index contributed by atoms with van der Waals surface area (Å²) < 4.78 is 7.24. The quantitative estimate of drug-likeness (QED) is 0.680. The van der Waals surface area contributed by atoms with Gasteiger partial charge in [-0.3, -0.25) is 0 Å². The van der Waals surface area contributed by atoms with Gasteiger partial charge in [0.25, 0.3) is 0 Å². The Balaban J connectivity index is 1.96. The molecule has 3 rings (SSSR count). The van der Waals surface area contributed by atoms with Crippen molar-refractivity contribution in [2.75, 3.05) is 5.88 Å². The number of aryl methyl sites for hydroxylation is 5. The molecule has 0 unspecified atom stereocenters. The third-order valence-corrected chi connectivity index (χ3v) is 3.68. The molecule has 0 aliphatic heterocycles. The highest BCUT2D eigenvalue weighted by Crippen LogP contribution is 2.21. The number of benzene rings is 1. The summed E-state index contributed by atoms with van der Waals surface area (Å²) >= 11 is 5.90. The number of nitrogens with zero attached hydrogens (tertiary/aromatic N) is 4. The van der Waals surface area contributed by atoms with Gasteiger partial charge in [0, 0.05) is 32.2 Å². The molecule has 0 saturated carbocycles. The molecule has 0 aliphatic rings. The Labute approximate surface area is 127 Å². The Morgan fingerprint density at radius 1 is 1.19 bits per heavy atom. The molecule has 1 aromatic carbocycles. The number of hydrogen-bond acceptors (Lipinski definition) is 4. The molecule has 0 spiro atoms. The molecule has 2 heterocycles. The number of hydrogen-bond donors (Lipinski definition) is 0. The second-order valence-corrected chi connectivity index (χ2v) is 5.42. The number of alkyl halides is 1. The lowest BCUT2D eigenvalue weighted by molar-refractivity contribution is 0.386.